The summed E-state index contributed by atoms with van der Waals surface area (Å²) in [5.74, 6) is 1.11. The van der Waals surface area contributed by atoms with Crippen molar-refractivity contribution in [3.05, 3.63) is 48.3 Å². The van der Waals surface area contributed by atoms with Gasteiger partial charge >= 0.3 is 0 Å². The predicted molar refractivity (Wildman–Crippen MR) is 89.2 cm³/mol. The minimum absolute atomic E-state index is 0.155. The van der Waals surface area contributed by atoms with Crippen molar-refractivity contribution in [1.29, 1.82) is 0 Å². The zero-order valence-corrected chi connectivity index (χ0v) is 14.0. The van der Waals surface area contributed by atoms with Crippen LogP contribution in [0.4, 0.5) is 0 Å². The summed E-state index contributed by atoms with van der Waals surface area (Å²) in [7, 11) is -3.60. The third-order valence-corrected chi connectivity index (χ3v) is 5.73. The van der Waals surface area contributed by atoms with E-state index in [0.717, 1.165) is 24.5 Å². The smallest absolute Gasteiger partial charge is 0.258 e. The van der Waals surface area contributed by atoms with Crippen LogP contribution in [0.3, 0.4) is 0 Å². The number of rotatable bonds is 5. The van der Waals surface area contributed by atoms with E-state index in [1.807, 2.05) is 12.3 Å². The van der Waals surface area contributed by atoms with Crippen LogP contribution in [0.15, 0.2) is 41.8 Å². The van der Waals surface area contributed by atoms with Crippen LogP contribution in [-0.4, -0.2) is 33.9 Å². The minimum Gasteiger partial charge on any atom is -0.335 e. The van der Waals surface area contributed by atoms with Crippen molar-refractivity contribution < 1.29 is 8.42 Å². The van der Waals surface area contributed by atoms with Crippen molar-refractivity contribution in [3.8, 4) is 0 Å². The average Bonchev–Trinajstić information content (AvgIpc) is 3.18. The van der Waals surface area contributed by atoms with Crippen LogP contribution in [0, 0.1) is 0 Å². The molecule has 0 saturated carbocycles. The average molecular weight is 345 g/mol. The van der Waals surface area contributed by atoms with E-state index in [4.69, 9.17) is 0 Å². The number of nitrogens with one attached hydrogen (secondary N) is 1. The first-order valence-corrected chi connectivity index (χ1v) is 9.58. The van der Waals surface area contributed by atoms with E-state index in [-0.39, 0.29) is 5.03 Å². The molecule has 0 radical (unpaired) electrons. The first kappa shape index (κ1) is 15.3. The predicted octanol–water partition coefficient (Wildman–Crippen LogP) is 1.39. The van der Waals surface area contributed by atoms with Crippen LogP contribution in [0.1, 0.15) is 24.4 Å². The van der Waals surface area contributed by atoms with Gasteiger partial charge in [-0.2, -0.15) is 0 Å². The Balaban J connectivity index is 1.46. The second kappa shape index (κ2) is 6.03. The summed E-state index contributed by atoms with van der Waals surface area (Å²) < 4.78 is 31.4. The molecule has 8 heteroatoms. The summed E-state index contributed by atoms with van der Waals surface area (Å²) in [4.78, 5) is 8.72. The highest BCUT2D eigenvalue weighted by atomic mass is 32.2. The zero-order chi connectivity index (χ0) is 16.6. The largest absolute Gasteiger partial charge is 0.335 e. The molecule has 1 N–H and O–H groups in total. The molecule has 24 heavy (non-hydrogen) atoms. The molecule has 4 heterocycles. The molecule has 1 aliphatic rings. The van der Waals surface area contributed by atoms with Gasteiger partial charge in [-0.05, 0) is 25.0 Å². The SMILES string of the molecule is O=S(=O)(NCCc1cn2c(n1)CCCC2)c1cnc2ccccn12. The highest BCUT2D eigenvalue weighted by molar-refractivity contribution is 7.89. The number of aryl methyl sites for hydroxylation is 2. The van der Waals surface area contributed by atoms with Crippen LogP contribution < -0.4 is 4.72 Å². The standard InChI is InChI=1S/C16H19N5O2S/c22-24(23,16-11-17-14-5-2-4-10-21(14)16)18-8-7-13-12-20-9-3-1-6-15(20)19-13/h2,4-5,10-12,18H,1,3,6-9H2. The molecule has 0 unspecified atom stereocenters. The summed E-state index contributed by atoms with van der Waals surface area (Å²) in [6, 6.07) is 5.38. The molecule has 0 aromatic carbocycles. The fraction of sp³-hybridized carbons (Fsp3) is 0.375. The quantitative estimate of drug-likeness (QED) is 0.758. The number of sulfonamides is 1. The Morgan fingerprint density at radius 3 is 3.04 bits per heavy atom. The maximum atomic E-state index is 12.5. The summed E-state index contributed by atoms with van der Waals surface area (Å²) >= 11 is 0. The summed E-state index contributed by atoms with van der Waals surface area (Å²) in [6.07, 6.45) is 9.06. The van der Waals surface area contributed by atoms with Gasteiger partial charge in [0, 0.05) is 38.3 Å². The number of imidazole rings is 2. The fourth-order valence-electron chi connectivity index (χ4n) is 3.09. The van der Waals surface area contributed by atoms with E-state index in [2.05, 4.69) is 19.3 Å². The molecule has 0 amide bonds. The first-order valence-electron chi connectivity index (χ1n) is 8.10. The maximum Gasteiger partial charge on any atom is 0.258 e. The van der Waals surface area contributed by atoms with Gasteiger partial charge < -0.3 is 4.57 Å². The molecule has 3 aromatic heterocycles. The number of pyridine rings is 1. The van der Waals surface area contributed by atoms with Crippen molar-refractivity contribution in [2.75, 3.05) is 6.54 Å². The second-order valence-electron chi connectivity index (χ2n) is 5.97. The topological polar surface area (TPSA) is 81.3 Å². The lowest BCUT2D eigenvalue weighted by Gasteiger charge is -2.11. The summed E-state index contributed by atoms with van der Waals surface area (Å²) in [6.45, 7) is 1.33. The lowest BCUT2D eigenvalue weighted by atomic mass is 10.2. The minimum atomic E-state index is -3.60. The molecule has 4 rings (SSSR count). The number of hydrogen-bond acceptors (Lipinski definition) is 4. The highest BCUT2D eigenvalue weighted by Crippen LogP contribution is 2.15. The van der Waals surface area contributed by atoms with Crippen molar-refractivity contribution >= 4 is 15.7 Å². The zero-order valence-electron chi connectivity index (χ0n) is 13.2. The Morgan fingerprint density at radius 2 is 2.17 bits per heavy atom. The van der Waals surface area contributed by atoms with Gasteiger partial charge in [-0.1, -0.05) is 6.07 Å². The van der Waals surface area contributed by atoms with E-state index < -0.39 is 10.0 Å². The van der Waals surface area contributed by atoms with Crippen molar-refractivity contribution in [2.24, 2.45) is 0 Å². The van der Waals surface area contributed by atoms with Crippen LogP contribution in [0.5, 0.6) is 0 Å². The monoisotopic (exact) mass is 345 g/mol. The van der Waals surface area contributed by atoms with Crippen molar-refractivity contribution in [1.82, 2.24) is 23.7 Å². The van der Waals surface area contributed by atoms with Crippen molar-refractivity contribution in [3.63, 3.8) is 0 Å². The van der Waals surface area contributed by atoms with Gasteiger partial charge in [0.25, 0.3) is 10.0 Å². The van der Waals surface area contributed by atoms with Crippen LogP contribution in [0.2, 0.25) is 0 Å². The molecule has 7 nitrogen and oxygen atoms in total. The number of nitrogens with zero attached hydrogens (tertiary/aromatic N) is 4. The van der Waals surface area contributed by atoms with Gasteiger partial charge in [0.2, 0.25) is 0 Å². The number of aromatic nitrogens is 4. The van der Waals surface area contributed by atoms with Gasteiger partial charge in [0.15, 0.2) is 5.03 Å². The number of fused-ring (bicyclic) bond motifs is 2. The maximum absolute atomic E-state index is 12.5. The van der Waals surface area contributed by atoms with Gasteiger partial charge in [0.05, 0.1) is 11.9 Å². The van der Waals surface area contributed by atoms with E-state index in [1.165, 1.54) is 19.0 Å². The van der Waals surface area contributed by atoms with E-state index in [9.17, 15) is 8.42 Å². The Hall–Kier alpha value is -2.19. The Morgan fingerprint density at radius 1 is 1.25 bits per heavy atom. The number of hydrogen-bond donors (Lipinski definition) is 1. The Labute approximate surface area is 140 Å². The molecule has 3 aromatic rings. The van der Waals surface area contributed by atoms with Crippen LogP contribution in [-0.2, 0) is 29.4 Å². The van der Waals surface area contributed by atoms with E-state index in [0.29, 0.717) is 18.6 Å². The van der Waals surface area contributed by atoms with Gasteiger partial charge in [-0.25, -0.2) is 23.1 Å². The lowest BCUT2D eigenvalue weighted by Crippen LogP contribution is -2.27. The summed E-state index contributed by atoms with van der Waals surface area (Å²) in [5, 5.41) is 0.155. The summed E-state index contributed by atoms with van der Waals surface area (Å²) in [5.41, 5.74) is 1.55. The first-order chi connectivity index (χ1) is 11.6. The van der Waals surface area contributed by atoms with Crippen LogP contribution in [0.25, 0.3) is 5.65 Å². The molecule has 0 spiro atoms. The lowest BCUT2D eigenvalue weighted by molar-refractivity contribution is 0.522. The third kappa shape index (κ3) is 2.83. The van der Waals surface area contributed by atoms with Gasteiger partial charge in [0.1, 0.15) is 11.5 Å². The van der Waals surface area contributed by atoms with Crippen LogP contribution >= 0.6 is 0 Å². The fourth-order valence-corrected chi connectivity index (χ4v) is 4.21. The molecule has 0 aliphatic carbocycles. The van der Waals surface area contributed by atoms with Gasteiger partial charge in [-0.15, -0.1) is 0 Å². The normalized spacial score (nSPS) is 14.8. The van der Waals surface area contributed by atoms with E-state index >= 15 is 0 Å². The molecule has 0 saturated heterocycles. The molecule has 126 valence electrons. The van der Waals surface area contributed by atoms with Crippen molar-refractivity contribution in [2.45, 2.75) is 37.3 Å². The molecule has 0 atom stereocenters. The molecular weight excluding hydrogens is 326 g/mol. The van der Waals surface area contributed by atoms with E-state index in [1.54, 1.807) is 22.7 Å². The molecule has 0 fully saturated rings. The molecule has 0 bridgehead atoms. The highest BCUT2D eigenvalue weighted by Gasteiger charge is 2.19. The van der Waals surface area contributed by atoms with Gasteiger partial charge in [-0.3, -0.25) is 4.40 Å². The third-order valence-electron chi connectivity index (χ3n) is 4.29. The molecule has 1 aliphatic heterocycles. The Bertz CT molecular complexity index is 950. The Kier molecular flexibility index (Phi) is 3.85. The second-order valence-corrected chi connectivity index (χ2v) is 7.69. The molecular formula is C16H19N5O2S.